The van der Waals surface area contributed by atoms with Crippen LogP contribution in [0.1, 0.15) is 55.5 Å². The quantitative estimate of drug-likeness (QED) is 0.569. The Kier molecular flexibility index (Phi) is 1.78. The molecule has 0 radical (unpaired) electrons. The van der Waals surface area contributed by atoms with E-state index < -0.39 is 25.0 Å². The van der Waals surface area contributed by atoms with Crippen LogP contribution >= 0.6 is 0 Å². The molecule has 0 unspecified atom stereocenters. The maximum absolute atomic E-state index is 7.69. The smallest absolute Gasteiger partial charge is 0.0236 e. The molecule has 0 aromatic carbocycles. The molecule has 0 fully saturated rings. The second-order valence-electron chi connectivity index (χ2n) is 4.68. The lowest BCUT2D eigenvalue weighted by Gasteiger charge is -2.36. The fraction of sp³-hybridized carbons (Fsp3) is 0.600. The van der Waals surface area contributed by atoms with Crippen LogP contribution in [0.4, 0.5) is 0 Å². The van der Waals surface area contributed by atoms with Crippen LogP contribution in [0, 0.1) is 11.3 Å². The molecule has 84 valence electrons. The second kappa shape index (κ2) is 4.38. The van der Waals surface area contributed by atoms with Gasteiger partial charge in [0.1, 0.15) is 0 Å². The zero-order valence-corrected chi connectivity index (χ0v) is 9.85. The van der Waals surface area contributed by atoms with Gasteiger partial charge in [0.15, 0.2) is 0 Å². The molecule has 1 aliphatic carbocycles. The molecule has 0 heterocycles. The minimum atomic E-state index is -2.56. The Hall–Kier alpha value is -0.780. The van der Waals surface area contributed by atoms with Crippen molar-refractivity contribution in [2.45, 2.75) is 47.3 Å². The summed E-state index contributed by atoms with van der Waals surface area (Å²) in [7, 11) is 0. The van der Waals surface area contributed by atoms with Gasteiger partial charge in [-0.1, -0.05) is 43.9 Å². The second-order valence-corrected chi connectivity index (χ2v) is 4.68. The molecule has 0 saturated heterocycles. The molecule has 1 atom stereocenters. The minimum Gasteiger partial charge on any atom is -0.102 e. The fourth-order valence-electron chi connectivity index (χ4n) is 1.99. The van der Waals surface area contributed by atoms with E-state index in [4.69, 9.17) is 8.22 Å². The lowest BCUT2D eigenvalue weighted by atomic mass is 9.69. The summed E-state index contributed by atoms with van der Waals surface area (Å²) in [5, 5.41) is 0. The number of hydrogen-bond acceptors (Lipinski definition) is 0. The van der Waals surface area contributed by atoms with Crippen molar-refractivity contribution >= 4 is 0 Å². The number of allylic oxidation sites excluding steroid dienone is 5. The van der Waals surface area contributed by atoms with Gasteiger partial charge >= 0.3 is 0 Å². The Bertz CT molecular complexity index is 459. The van der Waals surface area contributed by atoms with Gasteiger partial charge in [0.2, 0.25) is 0 Å². The third-order valence-corrected chi connectivity index (χ3v) is 3.31. The van der Waals surface area contributed by atoms with Gasteiger partial charge in [-0.15, -0.1) is 6.58 Å². The maximum atomic E-state index is 7.69. The van der Waals surface area contributed by atoms with Crippen molar-refractivity contribution in [2.24, 2.45) is 11.3 Å². The molecule has 0 nitrogen and oxygen atoms in total. The van der Waals surface area contributed by atoms with Gasteiger partial charge in [-0.3, -0.25) is 0 Å². The number of rotatable bonds is 2. The van der Waals surface area contributed by atoms with Crippen LogP contribution in [0.2, 0.25) is 0 Å². The van der Waals surface area contributed by atoms with E-state index in [-0.39, 0.29) is 0 Å². The Balaban J connectivity index is 3.56. The molecule has 0 bridgehead atoms. The molecule has 0 N–H and O–H groups in total. The third-order valence-electron chi connectivity index (χ3n) is 3.31. The van der Waals surface area contributed by atoms with Crippen LogP contribution in [0.25, 0.3) is 0 Å². The molecule has 0 aromatic heterocycles. The highest BCUT2D eigenvalue weighted by Crippen LogP contribution is 2.43. The largest absolute Gasteiger partial charge is 0.102 e. The number of hydrogen-bond donors (Lipinski definition) is 0. The molecule has 15 heavy (non-hydrogen) atoms. The van der Waals surface area contributed by atoms with Crippen LogP contribution in [0.5, 0.6) is 0 Å². The first-order valence-corrected chi connectivity index (χ1v) is 5.35. The van der Waals surface area contributed by atoms with Gasteiger partial charge in [0.05, 0.1) is 0 Å². The molecule has 1 aliphatic rings. The summed E-state index contributed by atoms with van der Waals surface area (Å²) in [6.07, 6.45) is 4.96. The minimum absolute atomic E-state index is 0.458. The van der Waals surface area contributed by atoms with E-state index in [9.17, 15) is 0 Å². The van der Waals surface area contributed by atoms with Crippen molar-refractivity contribution in [3.8, 4) is 0 Å². The highest BCUT2D eigenvalue weighted by Gasteiger charge is 2.30. The van der Waals surface area contributed by atoms with E-state index in [1.807, 2.05) is 20.8 Å². The first-order valence-electron chi connectivity index (χ1n) is 8.35. The van der Waals surface area contributed by atoms with Crippen LogP contribution in [0.3, 0.4) is 0 Å². The first-order chi connectivity index (χ1) is 9.33. The van der Waals surface area contributed by atoms with Gasteiger partial charge < -0.3 is 0 Å². The maximum Gasteiger partial charge on any atom is 0.0236 e. The SMILES string of the molecule is [2H]C([2H])([2H])C(C1=CC(=C(C)C)CC[C@@]1(C)C=C)C([2H])([2H])[2H]. The summed E-state index contributed by atoms with van der Waals surface area (Å²) in [5.41, 5.74) is 1.99. The zero-order valence-electron chi connectivity index (χ0n) is 15.9. The summed E-state index contributed by atoms with van der Waals surface area (Å²) in [4.78, 5) is 0. The van der Waals surface area contributed by atoms with Gasteiger partial charge in [-0.2, -0.15) is 0 Å². The van der Waals surface area contributed by atoms with Crippen molar-refractivity contribution < 1.29 is 8.22 Å². The highest BCUT2D eigenvalue weighted by atomic mass is 14.3. The molecule has 0 amide bonds. The van der Waals surface area contributed by atoms with Crippen molar-refractivity contribution in [1.29, 1.82) is 0 Å². The van der Waals surface area contributed by atoms with Gasteiger partial charge in [-0.25, -0.2) is 0 Å². The first kappa shape index (κ1) is 6.08. The molecule has 0 heteroatoms. The van der Waals surface area contributed by atoms with E-state index in [1.165, 1.54) is 0 Å². The lowest BCUT2D eigenvalue weighted by Crippen LogP contribution is -2.23. The lowest BCUT2D eigenvalue weighted by molar-refractivity contribution is 0.411. The molecular weight excluding hydrogens is 180 g/mol. The van der Waals surface area contributed by atoms with E-state index in [0.717, 1.165) is 17.6 Å². The van der Waals surface area contributed by atoms with Crippen LogP contribution in [0.15, 0.2) is 35.5 Å². The van der Waals surface area contributed by atoms with Gasteiger partial charge in [0.25, 0.3) is 0 Å². The molecule has 0 spiro atoms. The van der Waals surface area contributed by atoms with Crippen LogP contribution < -0.4 is 0 Å². The molecular formula is C15H24. The molecule has 1 rings (SSSR count). The predicted octanol–water partition coefficient (Wildman–Crippen LogP) is 4.89. The average molecular weight is 210 g/mol. The molecule has 0 aromatic rings. The van der Waals surface area contributed by atoms with Gasteiger partial charge in [-0.05, 0) is 38.2 Å². The summed E-state index contributed by atoms with van der Waals surface area (Å²) in [6, 6.07) is 0. The Morgan fingerprint density at radius 1 is 1.60 bits per heavy atom. The Labute approximate surface area is 103 Å². The molecule has 0 aliphatic heterocycles. The summed E-state index contributed by atoms with van der Waals surface area (Å²) >= 11 is 0. The summed E-state index contributed by atoms with van der Waals surface area (Å²) in [6.45, 7) is 4.46. The summed E-state index contributed by atoms with van der Waals surface area (Å²) < 4.78 is 46.1. The predicted molar refractivity (Wildman–Crippen MR) is 68.8 cm³/mol. The topological polar surface area (TPSA) is 0 Å². The Morgan fingerprint density at radius 2 is 2.27 bits per heavy atom. The van der Waals surface area contributed by atoms with Crippen molar-refractivity contribution in [3.05, 3.63) is 35.5 Å². The van der Waals surface area contributed by atoms with Crippen molar-refractivity contribution in [2.75, 3.05) is 0 Å². The van der Waals surface area contributed by atoms with Crippen molar-refractivity contribution in [3.63, 3.8) is 0 Å². The van der Waals surface area contributed by atoms with Gasteiger partial charge in [0, 0.05) is 13.6 Å². The highest BCUT2D eigenvalue weighted by molar-refractivity contribution is 5.37. The normalized spacial score (nSPS) is 34.1. The van der Waals surface area contributed by atoms with Crippen LogP contribution in [-0.2, 0) is 0 Å². The molecule has 0 saturated carbocycles. The third kappa shape index (κ3) is 2.42. The van der Waals surface area contributed by atoms with Crippen LogP contribution in [-0.4, -0.2) is 0 Å². The average Bonchev–Trinajstić information content (AvgIpc) is 2.28. The van der Waals surface area contributed by atoms with E-state index in [2.05, 4.69) is 6.58 Å². The fourth-order valence-corrected chi connectivity index (χ4v) is 1.99. The van der Waals surface area contributed by atoms with E-state index >= 15 is 0 Å². The van der Waals surface area contributed by atoms with E-state index in [1.54, 1.807) is 12.2 Å². The standard InChI is InChI=1S/C15H24/c1-7-15(6)9-8-13(11(2)3)10-14(15)12(4)5/h7,10,12H,1,8-9H2,2-6H3/t15-/m1/s1/i4D3,5D3. The summed E-state index contributed by atoms with van der Waals surface area (Å²) in [5.74, 6) is -1.46. The van der Waals surface area contributed by atoms with Crippen molar-refractivity contribution in [1.82, 2.24) is 0 Å². The zero-order chi connectivity index (χ0) is 16.6. The van der Waals surface area contributed by atoms with E-state index in [0.29, 0.717) is 12.0 Å². The monoisotopic (exact) mass is 210 g/mol. The Morgan fingerprint density at radius 3 is 2.73 bits per heavy atom.